The van der Waals surface area contributed by atoms with Gasteiger partial charge in [0.2, 0.25) is 0 Å². The Balaban J connectivity index is 1.22. The summed E-state index contributed by atoms with van der Waals surface area (Å²) >= 11 is 0. The predicted octanol–water partition coefficient (Wildman–Crippen LogP) is 3.45. The molecule has 1 fully saturated rings. The average Bonchev–Trinajstić information content (AvgIpc) is 3.02. The Morgan fingerprint density at radius 2 is 2.00 bits per heavy atom. The third-order valence-electron chi connectivity index (χ3n) is 6.18. The van der Waals surface area contributed by atoms with Gasteiger partial charge in [0.1, 0.15) is 18.2 Å². The van der Waals surface area contributed by atoms with Gasteiger partial charge in [-0.2, -0.15) is 0 Å². The third kappa shape index (κ3) is 3.19. The van der Waals surface area contributed by atoms with Crippen LogP contribution in [0.3, 0.4) is 0 Å². The van der Waals surface area contributed by atoms with E-state index < -0.39 is 6.10 Å². The molecular formula is C23H25FN2O2. The van der Waals surface area contributed by atoms with Crippen LogP contribution in [0.15, 0.2) is 42.5 Å². The number of aliphatic hydroxyl groups excluding tert-OH is 1. The standard InChI is InChI=1S/C23H25FN2O2/c24-17-6-7-19-16(13-17)14-20(22(19)27)25-18-8-10-26(11-9-18)21-5-1-3-15-4-2-12-28-23(15)21/h1-7,13,18,20,22,25,27H,8-12,14H2/t20-,22+/m0/s1. The summed E-state index contributed by atoms with van der Waals surface area (Å²) in [6.07, 6.45) is 6.30. The van der Waals surface area contributed by atoms with Crippen LogP contribution >= 0.6 is 0 Å². The largest absolute Gasteiger partial charge is 0.487 e. The molecule has 5 rings (SSSR count). The van der Waals surface area contributed by atoms with Crippen molar-refractivity contribution >= 4 is 11.8 Å². The van der Waals surface area contributed by atoms with Gasteiger partial charge in [-0.1, -0.05) is 24.3 Å². The molecule has 2 heterocycles. The van der Waals surface area contributed by atoms with E-state index in [9.17, 15) is 9.50 Å². The van der Waals surface area contributed by atoms with Crippen LogP contribution in [-0.2, 0) is 6.42 Å². The molecule has 2 aromatic carbocycles. The van der Waals surface area contributed by atoms with Crippen LogP contribution in [0.25, 0.3) is 6.08 Å². The van der Waals surface area contributed by atoms with Gasteiger partial charge >= 0.3 is 0 Å². The monoisotopic (exact) mass is 380 g/mol. The Kier molecular flexibility index (Phi) is 4.57. The fraction of sp³-hybridized carbons (Fsp3) is 0.391. The first-order valence-electron chi connectivity index (χ1n) is 10.1. The lowest BCUT2D eigenvalue weighted by Gasteiger charge is -2.37. The van der Waals surface area contributed by atoms with E-state index in [2.05, 4.69) is 34.5 Å². The summed E-state index contributed by atoms with van der Waals surface area (Å²) in [7, 11) is 0. The molecule has 146 valence electrons. The molecule has 0 radical (unpaired) electrons. The molecule has 0 saturated carbocycles. The molecule has 2 N–H and O–H groups in total. The minimum Gasteiger partial charge on any atom is -0.487 e. The zero-order valence-electron chi connectivity index (χ0n) is 15.8. The van der Waals surface area contributed by atoms with Crippen LogP contribution in [0.5, 0.6) is 5.75 Å². The van der Waals surface area contributed by atoms with Crippen LogP contribution in [0.4, 0.5) is 10.1 Å². The number of hydrogen-bond donors (Lipinski definition) is 2. The molecule has 0 amide bonds. The van der Waals surface area contributed by atoms with Crippen LogP contribution in [0.2, 0.25) is 0 Å². The molecular weight excluding hydrogens is 355 g/mol. The zero-order valence-corrected chi connectivity index (χ0v) is 15.8. The summed E-state index contributed by atoms with van der Waals surface area (Å²) in [6.45, 7) is 2.53. The SMILES string of the molecule is O[C@@H]1c2ccc(F)cc2C[C@@H]1NC1CCN(c2cccc3c2OCC=C3)CC1. The van der Waals surface area contributed by atoms with Gasteiger partial charge in [-0.25, -0.2) is 4.39 Å². The van der Waals surface area contributed by atoms with Crippen molar-refractivity contribution in [3.63, 3.8) is 0 Å². The molecule has 2 atom stereocenters. The van der Waals surface area contributed by atoms with Crippen LogP contribution in [0, 0.1) is 5.82 Å². The lowest BCUT2D eigenvalue weighted by Crippen LogP contribution is -2.47. The number of hydrogen-bond acceptors (Lipinski definition) is 4. The highest BCUT2D eigenvalue weighted by atomic mass is 19.1. The van der Waals surface area contributed by atoms with E-state index in [0.717, 1.165) is 48.4 Å². The number of ether oxygens (including phenoxy) is 1. The van der Waals surface area contributed by atoms with Crippen LogP contribution in [-0.4, -0.2) is 36.9 Å². The first kappa shape index (κ1) is 17.7. The van der Waals surface area contributed by atoms with E-state index in [1.165, 1.54) is 11.8 Å². The highest BCUT2D eigenvalue weighted by Gasteiger charge is 2.33. The fourth-order valence-electron chi connectivity index (χ4n) is 4.73. The zero-order chi connectivity index (χ0) is 19.1. The number of rotatable bonds is 3. The van der Waals surface area contributed by atoms with E-state index in [0.29, 0.717) is 19.1 Å². The number of nitrogens with zero attached hydrogens (tertiary/aromatic N) is 1. The normalized spacial score (nSPS) is 24.0. The Hall–Kier alpha value is -2.37. The summed E-state index contributed by atoms with van der Waals surface area (Å²) in [4.78, 5) is 2.39. The number of benzene rings is 2. The minimum atomic E-state index is -0.560. The van der Waals surface area contributed by atoms with Gasteiger partial charge in [-0.3, -0.25) is 0 Å². The lowest BCUT2D eigenvalue weighted by atomic mass is 10.0. The molecule has 0 bridgehead atoms. The summed E-state index contributed by atoms with van der Waals surface area (Å²) in [6, 6.07) is 11.3. The highest BCUT2D eigenvalue weighted by molar-refractivity contribution is 5.71. The number of para-hydroxylation sites is 1. The summed E-state index contributed by atoms with van der Waals surface area (Å²) in [5.41, 5.74) is 4.09. The first-order chi connectivity index (χ1) is 13.7. The molecule has 5 heteroatoms. The molecule has 0 unspecified atom stereocenters. The summed E-state index contributed by atoms with van der Waals surface area (Å²) in [5, 5.41) is 14.2. The van der Waals surface area contributed by atoms with Crippen molar-refractivity contribution in [3.05, 3.63) is 65.0 Å². The molecule has 0 spiro atoms. The van der Waals surface area contributed by atoms with Crippen molar-refractivity contribution in [1.29, 1.82) is 0 Å². The van der Waals surface area contributed by atoms with Gasteiger partial charge in [0, 0.05) is 30.7 Å². The summed E-state index contributed by atoms with van der Waals surface area (Å²) < 4.78 is 19.4. The van der Waals surface area contributed by atoms with Crippen LogP contribution < -0.4 is 15.0 Å². The molecule has 3 aliphatic rings. The Bertz CT molecular complexity index is 905. The van der Waals surface area contributed by atoms with Crippen molar-refractivity contribution in [2.24, 2.45) is 0 Å². The smallest absolute Gasteiger partial charge is 0.150 e. The molecule has 1 aliphatic carbocycles. The second-order valence-electron chi connectivity index (χ2n) is 7.94. The average molecular weight is 380 g/mol. The number of fused-ring (bicyclic) bond motifs is 2. The quantitative estimate of drug-likeness (QED) is 0.856. The number of halogens is 1. The van der Waals surface area contributed by atoms with Gasteiger partial charge < -0.3 is 20.1 Å². The van der Waals surface area contributed by atoms with Gasteiger partial charge in [0.05, 0.1) is 11.8 Å². The van der Waals surface area contributed by atoms with E-state index in [1.807, 2.05) is 6.08 Å². The van der Waals surface area contributed by atoms with Crippen molar-refractivity contribution < 1.29 is 14.2 Å². The number of piperidine rings is 1. The van der Waals surface area contributed by atoms with Crippen molar-refractivity contribution in [1.82, 2.24) is 5.32 Å². The molecule has 28 heavy (non-hydrogen) atoms. The molecule has 4 nitrogen and oxygen atoms in total. The third-order valence-corrected chi connectivity index (χ3v) is 6.18. The first-order valence-corrected chi connectivity index (χ1v) is 10.1. The van der Waals surface area contributed by atoms with Crippen molar-refractivity contribution in [2.45, 2.75) is 37.5 Å². The minimum absolute atomic E-state index is 0.0358. The molecule has 2 aromatic rings. The van der Waals surface area contributed by atoms with Crippen LogP contribution in [0.1, 0.15) is 35.6 Å². The maximum absolute atomic E-state index is 13.5. The van der Waals surface area contributed by atoms with E-state index >= 15 is 0 Å². The van der Waals surface area contributed by atoms with E-state index in [4.69, 9.17) is 4.74 Å². The number of aliphatic hydroxyl groups is 1. The van der Waals surface area contributed by atoms with Gasteiger partial charge in [0.25, 0.3) is 0 Å². The van der Waals surface area contributed by atoms with Gasteiger partial charge in [-0.15, -0.1) is 0 Å². The van der Waals surface area contributed by atoms with Crippen molar-refractivity contribution in [2.75, 3.05) is 24.6 Å². The van der Waals surface area contributed by atoms with Crippen molar-refractivity contribution in [3.8, 4) is 5.75 Å². The number of anilines is 1. The Morgan fingerprint density at radius 1 is 1.14 bits per heavy atom. The topological polar surface area (TPSA) is 44.7 Å². The maximum Gasteiger partial charge on any atom is 0.150 e. The highest BCUT2D eigenvalue weighted by Crippen LogP contribution is 2.37. The van der Waals surface area contributed by atoms with E-state index in [-0.39, 0.29) is 11.9 Å². The Labute approximate surface area is 164 Å². The molecule has 1 saturated heterocycles. The lowest BCUT2D eigenvalue weighted by molar-refractivity contribution is 0.132. The summed E-state index contributed by atoms with van der Waals surface area (Å²) in [5.74, 6) is 0.753. The van der Waals surface area contributed by atoms with E-state index in [1.54, 1.807) is 12.1 Å². The fourth-order valence-corrected chi connectivity index (χ4v) is 4.73. The Morgan fingerprint density at radius 3 is 2.86 bits per heavy atom. The predicted molar refractivity (Wildman–Crippen MR) is 108 cm³/mol. The van der Waals surface area contributed by atoms with Gasteiger partial charge in [-0.05, 0) is 54.7 Å². The van der Waals surface area contributed by atoms with Gasteiger partial charge in [0.15, 0.2) is 0 Å². The molecule has 2 aliphatic heterocycles. The second-order valence-corrected chi connectivity index (χ2v) is 7.94. The number of nitrogens with one attached hydrogen (secondary N) is 1. The maximum atomic E-state index is 13.5. The second kappa shape index (κ2) is 7.22. The molecule has 0 aromatic heterocycles.